The molecule has 0 saturated carbocycles. The number of nitrogens with one attached hydrogen (secondary N) is 1. The Kier molecular flexibility index (Phi) is 4.97. The molecule has 2 aromatic rings. The molecule has 0 fully saturated rings. The highest BCUT2D eigenvalue weighted by atomic mass is 32.1. The third kappa shape index (κ3) is 3.69. The Bertz CT molecular complexity index is 511. The van der Waals surface area contributed by atoms with Crippen molar-refractivity contribution in [3.8, 4) is 0 Å². The summed E-state index contributed by atoms with van der Waals surface area (Å²) in [6, 6.07) is 9.22. The summed E-state index contributed by atoms with van der Waals surface area (Å²) in [5, 5.41) is 7.11. The van der Waals surface area contributed by atoms with E-state index in [1.165, 1.54) is 15.6 Å². The van der Waals surface area contributed by atoms with Crippen molar-refractivity contribution in [2.24, 2.45) is 0 Å². The number of fused-ring (bicyclic) bond motifs is 1. The van der Waals surface area contributed by atoms with E-state index in [-0.39, 0.29) is 0 Å². The number of thiophene rings is 1. The average molecular weight is 259 g/mol. The van der Waals surface area contributed by atoms with E-state index >= 15 is 0 Å². The Hall–Kier alpha value is -1.12. The van der Waals surface area contributed by atoms with E-state index in [0.717, 1.165) is 19.4 Å². The molecule has 2 heteroatoms. The maximum atomic E-state index is 3.42. The lowest BCUT2D eigenvalue weighted by Gasteiger charge is -2.04. The Morgan fingerprint density at radius 3 is 2.89 bits per heavy atom. The minimum Gasteiger partial charge on any atom is -0.314 e. The molecule has 0 saturated heterocycles. The fourth-order valence-corrected chi connectivity index (χ4v) is 2.95. The molecule has 1 aromatic carbocycles. The van der Waals surface area contributed by atoms with Crippen LogP contribution in [0.4, 0.5) is 0 Å². The number of allylic oxidation sites excluding steroid dienone is 1. The number of benzene rings is 1. The molecule has 0 bridgehead atoms. The van der Waals surface area contributed by atoms with Crippen molar-refractivity contribution in [1.82, 2.24) is 5.32 Å². The Morgan fingerprint density at radius 1 is 1.22 bits per heavy atom. The summed E-state index contributed by atoms with van der Waals surface area (Å²) in [6.45, 7) is 5.43. The molecule has 0 spiro atoms. The Morgan fingerprint density at radius 2 is 2.06 bits per heavy atom. The van der Waals surface area contributed by atoms with Gasteiger partial charge in [0, 0.05) is 10.7 Å². The molecule has 0 atom stereocenters. The first-order valence-corrected chi connectivity index (χ1v) is 7.49. The van der Waals surface area contributed by atoms with Gasteiger partial charge >= 0.3 is 0 Å². The summed E-state index contributed by atoms with van der Waals surface area (Å²) in [7, 11) is 0. The third-order valence-corrected chi connectivity index (χ3v) is 3.94. The van der Waals surface area contributed by atoms with Crippen molar-refractivity contribution in [1.29, 1.82) is 0 Å². The fourth-order valence-electron chi connectivity index (χ4n) is 1.97. The van der Waals surface area contributed by atoms with E-state index in [2.05, 4.69) is 61.0 Å². The van der Waals surface area contributed by atoms with Crippen molar-refractivity contribution < 1.29 is 0 Å². The summed E-state index contributed by atoms with van der Waals surface area (Å²) in [6.07, 6.45) is 6.73. The standard InChI is InChI=1S/C16H21NS/c1-13(2)17-11-7-3-4-8-14-12-18-16-10-6-5-9-15(14)16/h3-6,9-10,12-13,17H,7-8,11H2,1-2H3. The van der Waals surface area contributed by atoms with Crippen LogP contribution in [-0.4, -0.2) is 12.6 Å². The predicted molar refractivity (Wildman–Crippen MR) is 82.4 cm³/mol. The van der Waals surface area contributed by atoms with Gasteiger partial charge in [-0.05, 0) is 41.8 Å². The summed E-state index contributed by atoms with van der Waals surface area (Å²) in [5.74, 6) is 0. The fraction of sp³-hybridized carbons (Fsp3) is 0.375. The molecule has 1 aromatic heterocycles. The Balaban J connectivity index is 1.85. The first-order valence-electron chi connectivity index (χ1n) is 6.61. The zero-order valence-corrected chi connectivity index (χ0v) is 12.0. The topological polar surface area (TPSA) is 12.0 Å². The molecule has 1 N–H and O–H groups in total. The molecule has 1 heterocycles. The van der Waals surface area contributed by atoms with Crippen LogP contribution in [0.25, 0.3) is 10.1 Å². The van der Waals surface area contributed by atoms with Gasteiger partial charge in [0.2, 0.25) is 0 Å². The molecule has 18 heavy (non-hydrogen) atoms. The third-order valence-electron chi connectivity index (χ3n) is 2.93. The molecule has 0 amide bonds. The van der Waals surface area contributed by atoms with Crippen LogP contribution < -0.4 is 5.32 Å². The van der Waals surface area contributed by atoms with E-state index in [0.29, 0.717) is 6.04 Å². The van der Waals surface area contributed by atoms with Gasteiger partial charge in [0.25, 0.3) is 0 Å². The minimum absolute atomic E-state index is 0.583. The van der Waals surface area contributed by atoms with Crippen LogP contribution in [0.3, 0.4) is 0 Å². The molecular weight excluding hydrogens is 238 g/mol. The van der Waals surface area contributed by atoms with Crippen LogP contribution in [0.5, 0.6) is 0 Å². The van der Waals surface area contributed by atoms with Gasteiger partial charge < -0.3 is 5.32 Å². The molecule has 1 nitrogen and oxygen atoms in total. The molecule has 0 unspecified atom stereocenters. The van der Waals surface area contributed by atoms with Gasteiger partial charge in [-0.15, -0.1) is 11.3 Å². The van der Waals surface area contributed by atoms with Crippen molar-refractivity contribution in [3.05, 3.63) is 47.4 Å². The van der Waals surface area contributed by atoms with Gasteiger partial charge in [-0.1, -0.05) is 44.2 Å². The molecular formula is C16H21NS. The first-order chi connectivity index (χ1) is 8.77. The van der Waals surface area contributed by atoms with Gasteiger partial charge in [0.05, 0.1) is 0 Å². The number of hydrogen-bond acceptors (Lipinski definition) is 2. The smallest absolute Gasteiger partial charge is 0.0345 e. The van der Waals surface area contributed by atoms with E-state index in [1.807, 2.05) is 11.3 Å². The molecule has 0 aliphatic rings. The van der Waals surface area contributed by atoms with Crippen molar-refractivity contribution in [2.45, 2.75) is 32.7 Å². The van der Waals surface area contributed by atoms with Crippen LogP contribution in [0.1, 0.15) is 25.8 Å². The average Bonchev–Trinajstić information content (AvgIpc) is 2.77. The summed E-state index contributed by atoms with van der Waals surface area (Å²) in [4.78, 5) is 0. The van der Waals surface area contributed by atoms with Gasteiger partial charge in [-0.3, -0.25) is 0 Å². The maximum absolute atomic E-state index is 3.42. The first kappa shape index (κ1) is 13.3. The van der Waals surface area contributed by atoms with Crippen LogP contribution in [0.2, 0.25) is 0 Å². The summed E-state index contributed by atoms with van der Waals surface area (Å²) < 4.78 is 1.39. The van der Waals surface area contributed by atoms with Gasteiger partial charge in [0.15, 0.2) is 0 Å². The largest absolute Gasteiger partial charge is 0.314 e. The van der Waals surface area contributed by atoms with Gasteiger partial charge in [-0.2, -0.15) is 0 Å². The lowest BCUT2D eigenvalue weighted by molar-refractivity contribution is 0.594. The SMILES string of the molecule is CC(C)NCCC=CCc1csc2ccccc12. The quantitative estimate of drug-likeness (QED) is 0.599. The van der Waals surface area contributed by atoms with Crippen LogP contribution in [0, 0.1) is 0 Å². The van der Waals surface area contributed by atoms with Crippen molar-refractivity contribution in [3.63, 3.8) is 0 Å². The van der Waals surface area contributed by atoms with Crippen LogP contribution >= 0.6 is 11.3 Å². The summed E-state index contributed by atoms with van der Waals surface area (Å²) in [5.41, 5.74) is 1.45. The minimum atomic E-state index is 0.583. The lowest BCUT2D eigenvalue weighted by Crippen LogP contribution is -2.23. The zero-order chi connectivity index (χ0) is 12.8. The molecule has 0 aliphatic carbocycles. The highest BCUT2D eigenvalue weighted by Gasteiger charge is 2.00. The zero-order valence-electron chi connectivity index (χ0n) is 11.1. The molecule has 0 aliphatic heterocycles. The molecule has 96 valence electrons. The number of rotatable bonds is 6. The Labute approximate surface area is 114 Å². The van der Waals surface area contributed by atoms with Crippen molar-refractivity contribution >= 4 is 21.4 Å². The maximum Gasteiger partial charge on any atom is 0.0345 e. The van der Waals surface area contributed by atoms with Gasteiger partial charge in [-0.25, -0.2) is 0 Å². The second-order valence-electron chi connectivity index (χ2n) is 4.83. The second-order valence-corrected chi connectivity index (χ2v) is 5.74. The van der Waals surface area contributed by atoms with E-state index < -0.39 is 0 Å². The normalized spacial score (nSPS) is 11.9. The highest BCUT2D eigenvalue weighted by Crippen LogP contribution is 2.25. The van der Waals surface area contributed by atoms with Crippen LogP contribution in [-0.2, 0) is 6.42 Å². The van der Waals surface area contributed by atoms with E-state index in [1.54, 1.807) is 0 Å². The lowest BCUT2D eigenvalue weighted by atomic mass is 10.1. The van der Waals surface area contributed by atoms with E-state index in [4.69, 9.17) is 0 Å². The van der Waals surface area contributed by atoms with Gasteiger partial charge in [0.1, 0.15) is 0 Å². The second kappa shape index (κ2) is 6.72. The van der Waals surface area contributed by atoms with E-state index in [9.17, 15) is 0 Å². The summed E-state index contributed by atoms with van der Waals surface area (Å²) >= 11 is 1.84. The molecule has 2 rings (SSSR count). The molecule has 0 radical (unpaired) electrons. The highest BCUT2D eigenvalue weighted by molar-refractivity contribution is 7.17. The monoisotopic (exact) mass is 259 g/mol. The predicted octanol–water partition coefficient (Wildman–Crippen LogP) is 4.39. The van der Waals surface area contributed by atoms with Crippen molar-refractivity contribution in [2.75, 3.05) is 6.54 Å². The van der Waals surface area contributed by atoms with Crippen LogP contribution in [0.15, 0.2) is 41.8 Å². The number of hydrogen-bond donors (Lipinski definition) is 1.